The van der Waals surface area contributed by atoms with E-state index in [1.54, 1.807) is 11.9 Å². The molecule has 0 spiro atoms. The Morgan fingerprint density at radius 2 is 1.94 bits per heavy atom. The second-order valence-corrected chi connectivity index (χ2v) is 4.21. The first-order valence-electron chi connectivity index (χ1n) is 5.48. The molecule has 1 aromatic heterocycles. The number of nitrogens with zero attached hydrogens (tertiary/aromatic N) is 4. The highest BCUT2D eigenvalue weighted by Crippen LogP contribution is 2.01. The fourth-order valence-corrected chi connectivity index (χ4v) is 1.37. The largest absolute Gasteiger partial charge is 0.382 e. The molecule has 0 saturated heterocycles. The molecule has 6 heteroatoms. The van der Waals surface area contributed by atoms with Crippen LogP contribution in [-0.2, 0) is 0 Å². The van der Waals surface area contributed by atoms with Gasteiger partial charge in [0.05, 0.1) is 12.4 Å². The van der Waals surface area contributed by atoms with Gasteiger partial charge in [-0.25, -0.2) is 9.97 Å². The maximum Gasteiger partial charge on any atom is 0.273 e. The van der Waals surface area contributed by atoms with E-state index in [2.05, 4.69) is 14.9 Å². The molecule has 0 aliphatic carbocycles. The van der Waals surface area contributed by atoms with Crippen LogP contribution >= 0.6 is 0 Å². The Morgan fingerprint density at radius 1 is 1.24 bits per heavy atom. The molecule has 1 amide bonds. The van der Waals surface area contributed by atoms with Crippen LogP contribution < -0.4 is 5.73 Å². The molecule has 0 unspecified atom stereocenters. The number of carbonyl (C=O) groups excluding carboxylic acids is 1. The van der Waals surface area contributed by atoms with Crippen LogP contribution in [0.15, 0.2) is 12.4 Å². The standard InChI is InChI=1S/C11H19N5O/c1-15(2)5-4-6-16(3)11(17)9-7-14-10(12)8-13-9/h7-8H,4-6H2,1-3H3,(H2,12,14). The third kappa shape index (κ3) is 4.36. The van der Waals surface area contributed by atoms with E-state index in [1.807, 2.05) is 14.1 Å². The molecule has 0 fully saturated rings. The van der Waals surface area contributed by atoms with E-state index < -0.39 is 0 Å². The second kappa shape index (κ2) is 6.15. The maximum absolute atomic E-state index is 11.9. The van der Waals surface area contributed by atoms with Crippen LogP contribution in [0.4, 0.5) is 5.82 Å². The van der Waals surface area contributed by atoms with Gasteiger partial charge >= 0.3 is 0 Å². The van der Waals surface area contributed by atoms with E-state index in [4.69, 9.17) is 5.73 Å². The number of aromatic nitrogens is 2. The van der Waals surface area contributed by atoms with Crippen LogP contribution in [0.5, 0.6) is 0 Å². The summed E-state index contributed by atoms with van der Waals surface area (Å²) in [6, 6.07) is 0. The van der Waals surface area contributed by atoms with Gasteiger partial charge in [-0.2, -0.15) is 0 Å². The average molecular weight is 237 g/mol. The molecule has 0 bridgehead atoms. The molecule has 0 aliphatic heterocycles. The van der Waals surface area contributed by atoms with E-state index >= 15 is 0 Å². The summed E-state index contributed by atoms with van der Waals surface area (Å²) in [4.78, 5) is 23.4. The molecule has 0 atom stereocenters. The van der Waals surface area contributed by atoms with Gasteiger partial charge in [0, 0.05) is 13.6 Å². The molecule has 1 heterocycles. The smallest absolute Gasteiger partial charge is 0.273 e. The van der Waals surface area contributed by atoms with Crippen molar-refractivity contribution in [2.24, 2.45) is 0 Å². The average Bonchev–Trinajstić information content (AvgIpc) is 2.28. The summed E-state index contributed by atoms with van der Waals surface area (Å²) in [5, 5.41) is 0. The first kappa shape index (κ1) is 13.4. The van der Waals surface area contributed by atoms with Crippen LogP contribution in [0.2, 0.25) is 0 Å². The van der Waals surface area contributed by atoms with Gasteiger partial charge in [-0.3, -0.25) is 4.79 Å². The third-order valence-corrected chi connectivity index (χ3v) is 2.34. The number of nitrogens with two attached hydrogens (primary N) is 1. The number of amides is 1. The molecule has 1 aromatic rings. The summed E-state index contributed by atoms with van der Waals surface area (Å²) >= 11 is 0. The van der Waals surface area contributed by atoms with Gasteiger partial charge in [-0.1, -0.05) is 0 Å². The molecular weight excluding hydrogens is 218 g/mol. The highest BCUT2D eigenvalue weighted by atomic mass is 16.2. The summed E-state index contributed by atoms with van der Waals surface area (Å²) in [5.74, 6) is 0.188. The van der Waals surface area contributed by atoms with Gasteiger partial charge in [0.15, 0.2) is 0 Å². The lowest BCUT2D eigenvalue weighted by molar-refractivity contribution is 0.0784. The molecule has 0 radical (unpaired) electrons. The van der Waals surface area contributed by atoms with Crippen LogP contribution in [0.3, 0.4) is 0 Å². The number of nitrogen functional groups attached to an aromatic ring is 1. The Bertz CT molecular complexity index is 363. The van der Waals surface area contributed by atoms with Gasteiger partial charge in [-0.15, -0.1) is 0 Å². The van der Waals surface area contributed by atoms with Crippen molar-refractivity contribution in [3.63, 3.8) is 0 Å². The number of carbonyl (C=O) groups is 1. The third-order valence-electron chi connectivity index (χ3n) is 2.34. The predicted octanol–water partition coefficient (Wildman–Crippen LogP) is 0.0825. The molecular formula is C11H19N5O. The Labute approximate surface area is 101 Å². The number of hydrogen-bond donors (Lipinski definition) is 1. The quantitative estimate of drug-likeness (QED) is 0.785. The van der Waals surface area contributed by atoms with E-state index in [9.17, 15) is 4.79 Å². The molecule has 0 saturated carbocycles. The van der Waals surface area contributed by atoms with Gasteiger partial charge < -0.3 is 15.5 Å². The van der Waals surface area contributed by atoms with Gasteiger partial charge in [0.1, 0.15) is 11.5 Å². The zero-order chi connectivity index (χ0) is 12.8. The van der Waals surface area contributed by atoms with Crippen molar-refractivity contribution in [2.45, 2.75) is 6.42 Å². The highest BCUT2D eigenvalue weighted by molar-refractivity contribution is 5.91. The zero-order valence-electron chi connectivity index (χ0n) is 10.6. The van der Waals surface area contributed by atoms with Crippen LogP contribution in [0.25, 0.3) is 0 Å². The minimum atomic E-state index is -0.128. The van der Waals surface area contributed by atoms with Crippen molar-refractivity contribution in [2.75, 3.05) is 40.0 Å². The fraction of sp³-hybridized carbons (Fsp3) is 0.545. The first-order chi connectivity index (χ1) is 8.00. The summed E-state index contributed by atoms with van der Waals surface area (Å²) in [6.07, 6.45) is 3.72. The Kier molecular flexibility index (Phi) is 4.84. The van der Waals surface area contributed by atoms with E-state index in [0.717, 1.165) is 13.0 Å². The van der Waals surface area contributed by atoms with E-state index in [-0.39, 0.29) is 5.91 Å². The van der Waals surface area contributed by atoms with Crippen LogP contribution in [0, 0.1) is 0 Å². The van der Waals surface area contributed by atoms with Gasteiger partial charge in [0.2, 0.25) is 0 Å². The second-order valence-electron chi connectivity index (χ2n) is 4.21. The summed E-state index contributed by atoms with van der Waals surface area (Å²) < 4.78 is 0. The van der Waals surface area contributed by atoms with Gasteiger partial charge in [-0.05, 0) is 27.1 Å². The molecule has 0 aromatic carbocycles. The molecule has 1 rings (SSSR count). The van der Waals surface area contributed by atoms with E-state index in [0.29, 0.717) is 18.1 Å². The normalized spacial score (nSPS) is 10.6. The van der Waals surface area contributed by atoms with Crippen LogP contribution in [0.1, 0.15) is 16.9 Å². The number of rotatable bonds is 5. The van der Waals surface area contributed by atoms with E-state index in [1.165, 1.54) is 12.4 Å². The Balaban J connectivity index is 2.49. The monoisotopic (exact) mass is 237 g/mol. The number of hydrogen-bond acceptors (Lipinski definition) is 5. The maximum atomic E-state index is 11.9. The predicted molar refractivity (Wildman–Crippen MR) is 66.6 cm³/mol. The van der Waals surface area contributed by atoms with Crippen molar-refractivity contribution in [1.29, 1.82) is 0 Å². The summed E-state index contributed by atoms with van der Waals surface area (Å²) in [5.41, 5.74) is 5.74. The minimum Gasteiger partial charge on any atom is -0.382 e. The summed E-state index contributed by atoms with van der Waals surface area (Å²) in [6.45, 7) is 1.65. The SMILES string of the molecule is CN(C)CCCN(C)C(=O)c1cnc(N)cn1. The van der Waals surface area contributed by atoms with Crippen molar-refractivity contribution < 1.29 is 4.79 Å². The topological polar surface area (TPSA) is 75.3 Å². The lowest BCUT2D eigenvalue weighted by Gasteiger charge is -2.17. The Hall–Kier alpha value is -1.69. The molecule has 6 nitrogen and oxygen atoms in total. The molecule has 94 valence electrons. The van der Waals surface area contributed by atoms with Crippen molar-refractivity contribution in [3.8, 4) is 0 Å². The minimum absolute atomic E-state index is 0.128. The summed E-state index contributed by atoms with van der Waals surface area (Å²) in [7, 11) is 5.77. The van der Waals surface area contributed by atoms with Crippen molar-refractivity contribution in [1.82, 2.24) is 19.8 Å². The Morgan fingerprint density at radius 3 is 2.47 bits per heavy atom. The van der Waals surface area contributed by atoms with Crippen molar-refractivity contribution >= 4 is 11.7 Å². The fourth-order valence-electron chi connectivity index (χ4n) is 1.37. The van der Waals surface area contributed by atoms with Crippen LogP contribution in [-0.4, -0.2) is 59.9 Å². The zero-order valence-corrected chi connectivity index (χ0v) is 10.6. The first-order valence-corrected chi connectivity index (χ1v) is 5.48. The molecule has 0 aliphatic rings. The van der Waals surface area contributed by atoms with Gasteiger partial charge in [0.25, 0.3) is 5.91 Å². The van der Waals surface area contributed by atoms with Crippen molar-refractivity contribution in [3.05, 3.63) is 18.1 Å². The molecule has 2 N–H and O–H groups in total. The lowest BCUT2D eigenvalue weighted by Crippen LogP contribution is -2.30. The highest BCUT2D eigenvalue weighted by Gasteiger charge is 2.12. The lowest BCUT2D eigenvalue weighted by atomic mass is 10.3. The number of anilines is 1. The molecule has 17 heavy (non-hydrogen) atoms.